The maximum Gasteiger partial charge on any atom is 0.435 e. The molecular formula is C29H23F9N2O6. The summed E-state index contributed by atoms with van der Waals surface area (Å²) in [6, 6.07) is 8.51. The van der Waals surface area contributed by atoms with E-state index in [2.05, 4.69) is 10.1 Å². The first kappa shape index (κ1) is 35.5. The summed E-state index contributed by atoms with van der Waals surface area (Å²) >= 11 is 0. The maximum absolute atomic E-state index is 14.7. The van der Waals surface area contributed by atoms with Crippen LogP contribution in [0, 0.1) is 6.92 Å². The number of benzene rings is 3. The van der Waals surface area contributed by atoms with Gasteiger partial charge in [0, 0.05) is 17.7 Å². The number of carbonyl (C=O) groups is 3. The molecule has 46 heavy (non-hydrogen) atoms. The van der Waals surface area contributed by atoms with Crippen LogP contribution in [0.25, 0.3) is 0 Å². The monoisotopic (exact) mass is 666 g/mol. The number of para-hydroxylation sites is 1. The molecule has 2 N–H and O–H groups in total. The number of carbonyl (C=O) groups excluding carboxylic acids is 2. The van der Waals surface area contributed by atoms with Gasteiger partial charge in [-0.2, -0.15) is 35.1 Å². The van der Waals surface area contributed by atoms with Crippen molar-refractivity contribution in [2.75, 3.05) is 23.9 Å². The van der Waals surface area contributed by atoms with Gasteiger partial charge in [-0.25, -0.2) is 9.18 Å². The number of carboxylic acid groups (broad SMARTS) is 1. The van der Waals surface area contributed by atoms with E-state index in [1.54, 1.807) is 6.92 Å². The fraction of sp³-hybridized carbons (Fsp3) is 0.276. The molecule has 0 aliphatic rings. The molecule has 0 saturated carbocycles. The van der Waals surface area contributed by atoms with Gasteiger partial charge in [-0.05, 0) is 67.9 Å². The van der Waals surface area contributed by atoms with Gasteiger partial charge in [-0.15, -0.1) is 0 Å². The van der Waals surface area contributed by atoms with Gasteiger partial charge >= 0.3 is 30.6 Å². The highest BCUT2D eigenvalue weighted by Crippen LogP contribution is 2.54. The molecule has 0 spiro atoms. The lowest BCUT2D eigenvalue weighted by molar-refractivity contribution is -0.348. The molecule has 3 aromatic rings. The summed E-state index contributed by atoms with van der Waals surface area (Å²) in [5.74, 6) is -4.75. The van der Waals surface area contributed by atoms with Gasteiger partial charge in [-0.3, -0.25) is 9.59 Å². The number of nitrogens with one attached hydrogen (secondary N) is 1. The predicted molar refractivity (Wildman–Crippen MR) is 144 cm³/mol. The number of aryl methyl sites for hydroxylation is 1. The molecule has 17 heteroatoms. The summed E-state index contributed by atoms with van der Waals surface area (Å²) in [6.07, 6.45) is -13.1. The number of hydrogen-bond donors (Lipinski definition) is 2. The van der Waals surface area contributed by atoms with Crippen LogP contribution < -0.4 is 19.7 Å². The Bertz CT molecular complexity index is 1610. The molecule has 0 unspecified atom stereocenters. The third-order valence-corrected chi connectivity index (χ3v) is 6.61. The molecule has 0 fully saturated rings. The number of methoxy groups -OCH3 is 1. The van der Waals surface area contributed by atoms with E-state index >= 15 is 0 Å². The third-order valence-electron chi connectivity index (χ3n) is 6.61. The van der Waals surface area contributed by atoms with E-state index in [9.17, 15) is 53.9 Å². The van der Waals surface area contributed by atoms with Crippen molar-refractivity contribution in [3.63, 3.8) is 0 Å². The number of hydrogen-bond acceptors (Lipinski definition) is 5. The molecule has 3 aromatic carbocycles. The lowest BCUT2D eigenvalue weighted by Gasteiger charge is -2.31. The first-order valence-electron chi connectivity index (χ1n) is 12.8. The van der Waals surface area contributed by atoms with Gasteiger partial charge in [0.15, 0.2) is 5.75 Å². The number of anilines is 2. The van der Waals surface area contributed by atoms with Crippen LogP contribution in [0.1, 0.15) is 49.1 Å². The zero-order valence-corrected chi connectivity index (χ0v) is 23.8. The number of rotatable bonds is 10. The van der Waals surface area contributed by atoms with Crippen LogP contribution in [-0.2, 0) is 5.67 Å². The van der Waals surface area contributed by atoms with Crippen LogP contribution in [0.3, 0.4) is 0 Å². The van der Waals surface area contributed by atoms with E-state index in [0.717, 1.165) is 25.0 Å². The van der Waals surface area contributed by atoms with Crippen molar-refractivity contribution in [3.8, 4) is 11.5 Å². The van der Waals surface area contributed by atoms with Crippen molar-refractivity contribution in [3.05, 3.63) is 82.4 Å². The second kappa shape index (κ2) is 13.2. The van der Waals surface area contributed by atoms with Crippen molar-refractivity contribution in [2.24, 2.45) is 0 Å². The molecule has 0 saturated heterocycles. The van der Waals surface area contributed by atoms with E-state index in [-0.39, 0.29) is 46.8 Å². The number of alkyl halides is 9. The largest absolute Gasteiger partial charge is 0.494 e. The Morgan fingerprint density at radius 2 is 1.48 bits per heavy atom. The summed E-state index contributed by atoms with van der Waals surface area (Å²) in [4.78, 5) is 38.9. The topological polar surface area (TPSA) is 105 Å². The predicted octanol–water partition coefficient (Wildman–Crippen LogP) is 7.51. The van der Waals surface area contributed by atoms with Crippen LogP contribution in [0.2, 0.25) is 0 Å². The zero-order chi connectivity index (χ0) is 34.8. The zero-order valence-electron chi connectivity index (χ0n) is 23.8. The molecule has 0 atom stereocenters. The molecule has 0 heterocycles. The van der Waals surface area contributed by atoms with Crippen molar-refractivity contribution in [1.29, 1.82) is 0 Å². The fourth-order valence-electron chi connectivity index (χ4n) is 4.44. The lowest BCUT2D eigenvalue weighted by Crippen LogP contribution is -2.50. The van der Waals surface area contributed by atoms with Gasteiger partial charge in [-0.1, -0.05) is 6.07 Å². The normalized spacial score (nSPS) is 12.1. The number of amides is 2. The number of ether oxygens (including phenoxy) is 2. The maximum atomic E-state index is 14.7. The second-order valence-electron chi connectivity index (χ2n) is 9.44. The van der Waals surface area contributed by atoms with Crippen LogP contribution in [0.4, 0.5) is 50.9 Å². The number of nitrogens with zero attached hydrogens (tertiary/aromatic N) is 1. The van der Waals surface area contributed by atoms with Crippen LogP contribution in [0.15, 0.2) is 54.6 Å². The molecule has 248 valence electrons. The van der Waals surface area contributed by atoms with E-state index in [4.69, 9.17) is 9.84 Å². The summed E-state index contributed by atoms with van der Waals surface area (Å²) in [7, 11) is 1.11. The minimum absolute atomic E-state index is 0.00125. The SMILES string of the molecule is CCN(C(=O)c1ccc(C(=O)O)cc1)c1cccc(C(=O)Nc2c(C)cc(C(F)(C(F)(F)F)C(F)(F)F)cc2OC(F)F)c1OC. The number of carboxylic acids is 1. The third kappa shape index (κ3) is 6.82. The Morgan fingerprint density at radius 1 is 0.913 bits per heavy atom. The van der Waals surface area contributed by atoms with Gasteiger partial charge in [0.25, 0.3) is 11.8 Å². The van der Waals surface area contributed by atoms with Gasteiger partial charge in [0.05, 0.1) is 29.6 Å². The molecule has 2 amide bonds. The Kier molecular flexibility index (Phi) is 10.2. The second-order valence-corrected chi connectivity index (χ2v) is 9.44. The Morgan fingerprint density at radius 3 is 1.96 bits per heavy atom. The molecule has 0 radical (unpaired) electrons. The van der Waals surface area contributed by atoms with Gasteiger partial charge < -0.3 is 24.8 Å². The van der Waals surface area contributed by atoms with Gasteiger partial charge in [0.2, 0.25) is 0 Å². The smallest absolute Gasteiger partial charge is 0.435 e. The van der Waals surface area contributed by atoms with E-state index in [1.165, 1.54) is 36.4 Å². The standard InChI is InChI=1S/C29H23F9N2O6/c1-4-40(24(42)15-8-10-16(11-9-15)25(43)44)19-7-5-6-18(22(19)45-3)23(41)39-21-14(2)12-17(13-20(21)46-26(30)31)27(32,28(33,34)35)29(36,37)38/h5-13,26H,4H2,1-3H3,(H,39,41)(H,43,44). The van der Waals surface area contributed by atoms with Crippen LogP contribution >= 0.6 is 0 Å². The lowest BCUT2D eigenvalue weighted by atomic mass is 9.92. The summed E-state index contributed by atoms with van der Waals surface area (Å²) in [5.41, 5.74) is -10.0. The summed E-state index contributed by atoms with van der Waals surface area (Å²) < 4.78 is 131. The molecule has 3 rings (SSSR count). The summed E-state index contributed by atoms with van der Waals surface area (Å²) in [5, 5.41) is 11.2. The van der Waals surface area contributed by atoms with Crippen LogP contribution in [-0.4, -0.2) is 55.5 Å². The quantitative estimate of drug-likeness (QED) is 0.217. The van der Waals surface area contributed by atoms with E-state index in [1.807, 2.05) is 0 Å². The first-order chi connectivity index (χ1) is 21.3. The van der Waals surface area contributed by atoms with Crippen molar-refractivity contribution in [2.45, 2.75) is 38.5 Å². The number of aromatic carboxylic acids is 1. The molecule has 0 bridgehead atoms. The average molecular weight is 666 g/mol. The van der Waals surface area contributed by atoms with Crippen LogP contribution in [0.5, 0.6) is 11.5 Å². The van der Waals surface area contributed by atoms with Crippen molar-refractivity contribution >= 4 is 29.2 Å². The molecule has 0 aliphatic heterocycles. The number of halogens is 9. The average Bonchev–Trinajstić information content (AvgIpc) is 2.96. The van der Waals surface area contributed by atoms with Crippen molar-refractivity contribution < 1.29 is 68.5 Å². The first-order valence-corrected chi connectivity index (χ1v) is 12.8. The highest BCUT2D eigenvalue weighted by molar-refractivity contribution is 6.11. The van der Waals surface area contributed by atoms with Gasteiger partial charge in [0.1, 0.15) is 5.75 Å². The fourth-order valence-corrected chi connectivity index (χ4v) is 4.44. The molecule has 0 aromatic heterocycles. The molecule has 0 aliphatic carbocycles. The Hall–Kier alpha value is -4.96. The molecular weight excluding hydrogens is 643 g/mol. The highest BCUT2D eigenvalue weighted by Gasteiger charge is 2.73. The minimum atomic E-state index is -6.56. The van der Waals surface area contributed by atoms with Crippen molar-refractivity contribution in [1.82, 2.24) is 0 Å². The molecule has 8 nitrogen and oxygen atoms in total. The highest BCUT2D eigenvalue weighted by atomic mass is 19.4. The van der Waals surface area contributed by atoms with E-state index in [0.29, 0.717) is 0 Å². The minimum Gasteiger partial charge on any atom is -0.494 e. The van der Waals surface area contributed by atoms with E-state index < -0.39 is 65.0 Å². The summed E-state index contributed by atoms with van der Waals surface area (Å²) in [6.45, 7) is -1.45. The Labute approximate surface area is 254 Å². The Balaban J connectivity index is 2.09.